The lowest BCUT2D eigenvalue weighted by Crippen LogP contribution is -2.15. The summed E-state index contributed by atoms with van der Waals surface area (Å²) in [5.74, 6) is 0. The molecule has 4 nitrogen and oxygen atoms in total. The Labute approximate surface area is 90.4 Å². The van der Waals surface area contributed by atoms with E-state index >= 15 is 0 Å². The lowest BCUT2D eigenvalue weighted by molar-refractivity contribution is 0.591. The van der Waals surface area contributed by atoms with E-state index in [0.717, 1.165) is 6.26 Å². The number of sulfonamides is 1. The van der Waals surface area contributed by atoms with Gasteiger partial charge in [-0.25, -0.2) is 13.2 Å². The van der Waals surface area contributed by atoms with Crippen LogP contribution in [0.4, 0.5) is 0 Å². The van der Waals surface area contributed by atoms with Crippen molar-refractivity contribution in [3.63, 3.8) is 0 Å². The summed E-state index contributed by atoms with van der Waals surface area (Å²) >= 11 is 0. The first-order chi connectivity index (χ1) is 6.99. The van der Waals surface area contributed by atoms with Gasteiger partial charge in [0.05, 0.1) is 12.5 Å². The standard InChI is InChI=1S/C10H14N2O2S/c1-4-6-8-10(7-5-2)9-11-12-15(3,13)14/h4-9,12H,1-2H2,3H3/b8-6-,10-7+,11-9-. The maximum Gasteiger partial charge on any atom is 0.244 e. The third-order valence-electron chi connectivity index (χ3n) is 1.17. The van der Waals surface area contributed by atoms with Crippen molar-refractivity contribution in [2.75, 3.05) is 6.26 Å². The van der Waals surface area contributed by atoms with E-state index in [0.29, 0.717) is 5.57 Å². The van der Waals surface area contributed by atoms with Crippen molar-refractivity contribution in [3.05, 3.63) is 49.1 Å². The predicted octanol–water partition coefficient (Wildman–Crippen LogP) is 1.38. The fourth-order valence-corrected chi connectivity index (χ4v) is 0.898. The van der Waals surface area contributed by atoms with Crippen molar-refractivity contribution in [3.8, 4) is 0 Å². The van der Waals surface area contributed by atoms with Crippen LogP contribution in [0.1, 0.15) is 0 Å². The monoisotopic (exact) mass is 226 g/mol. The van der Waals surface area contributed by atoms with E-state index in [1.54, 1.807) is 30.4 Å². The van der Waals surface area contributed by atoms with Gasteiger partial charge in [0, 0.05) is 0 Å². The van der Waals surface area contributed by atoms with Crippen LogP contribution < -0.4 is 4.83 Å². The van der Waals surface area contributed by atoms with Gasteiger partial charge in [-0.3, -0.25) is 0 Å². The molecule has 0 aromatic carbocycles. The number of hydrogen-bond donors (Lipinski definition) is 1. The second-order valence-electron chi connectivity index (χ2n) is 2.62. The average Bonchev–Trinajstić information content (AvgIpc) is 2.12. The van der Waals surface area contributed by atoms with Gasteiger partial charge in [0.15, 0.2) is 0 Å². The number of nitrogens with zero attached hydrogens (tertiary/aromatic N) is 1. The molecule has 0 rings (SSSR count). The Hall–Kier alpha value is -1.62. The topological polar surface area (TPSA) is 58.5 Å². The molecular formula is C10H14N2O2S. The Kier molecular flexibility index (Phi) is 6.05. The Morgan fingerprint density at radius 3 is 2.47 bits per heavy atom. The third-order valence-corrected chi connectivity index (χ3v) is 1.60. The molecule has 0 fully saturated rings. The minimum Gasteiger partial charge on any atom is -0.206 e. The second-order valence-corrected chi connectivity index (χ2v) is 4.35. The summed E-state index contributed by atoms with van der Waals surface area (Å²) < 4.78 is 21.4. The lowest BCUT2D eigenvalue weighted by Gasteiger charge is -1.94. The van der Waals surface area contributed by atoms with Crippen molar-refractivity contribution < 1.29 is 8.42 Å². The van der Waals surface area contributed by atoms with Crippen LogP contribution in [0.2, 0.25) is 0 Å². The Morgan fingerprint density at radius 1 is 1.33 bits per heavy atom. The molecule has 0 spiro atoms. The molecule has 0 aliphatic carbocycles. The van der Waals surface area contributed by atoms with E-state index < -0.39 is 10.0 Å². The van der Waals surface area contributed by atoms with Gasteiger partial charge in [0.2, 0.25) is 10.0 Å². The summed E-state index contributed by atoms with van der Waals surface area (Å²) in [5.41, 5.74) is 0.709. The summed E-state index contributed by atoms with van der Waals surface area (Å²) in [7, 11) is -3.30. The third kappa shape index (κ3) is 8.70. The number of nitrogens with one attached hydrogen (secondary N) is 1. The van der Waals surface area contributed by atoms with Gasteiger partial charge >= 0.3 is 0 Å². The summed E-state index contributed by atoms with van der Waals surface area (Å²) in [6, 6.07) is 0. The molecule has 0 aliphatic heterocycles. The molecule has 0 bridgehead atoms. The van der Waals surface area contributed by atoms with Gasteiger partial charge in [-0.2, -0.15) is 5.10 Å². The van der Waals surface area contributed by atoms with Crippen LogP contribution in [0.3, 0.4) is 0 Å². The molecule has 15 heavy (non-hydrogen) atoms. The van der Waals surface area contributed by atoms with Crippen molar-refractivity contribution in [2.24, 2.45) is 5.10 Å². The van der Waals surface area contributed by atoms with E-state index in [-0.39, 0.29) is 0 Å². The zero-order valence-corrected chi connectivity index (χ0v) is 9.37. The van der Waals surface area contributed by atoms with Crippen molar-refractivity contribution in [2.45, 2.75) is 0 Å². The molecule has 0 aromatic heterocycles. The molecule has 82 valence electrons. The van der Waals surface area contributed by atoms with Gasteiger partial charge in [-0.05, 0) is 5.57 Å². The maximum atomic E-state index is 10.7. The smallest absolute Gasteiger partial charge is 0.206 e. The van der Waals surface area contributed by atoms with Gasteiger partial charge in [0.25, 0.3) is 0 Å². The number of allylic oxidation sites excluding steroid dienone is 6. The highest BCUT2D eigenvalue weighted by Gasteiger charge is 1.93. The van der Waals surface area contributed by atoms with Crippen LogP contribution in [-0.4, -0.2) is 20.9 Å². The lowest BCUT2D eigenvalue weighted by atomic mass is 10.2. The highest BCUT2D eigenvalue weighted by Crippen LogP contribution is 1.94. The molecule has 0 saturated heterocycles. The highest BCUT2D eigenvalue weighted by molar-refractivity contribution is 7.88. The van der Waals surface area contributed by atoms with E-state index in [1.807, 2.05) is 4.83 Å². The van der Waals surface area contributed by atoms with Crippen LogP contribution in [-0.2, 0) is 10.0 Å². The van der Waals surface area contributed by atoms with Gasteiger partial charge in [-0.15, -0.1) is 0 Å². The van der Waals surface area contributed by atoms with Crippen LogP contribution in [0.15, 0.2) is 54.2 Å². The van der Waals surface area contributed by atoms with E-state index in [1.165, 1.54) is 6.21 Å². The van der Waals surface area contributed by atoms with Crippen LogP contribution in [0, 0.1) is 0 Å². The quantitative estimate of drug-likeness (QED) is 0.422. The van der Waals surface area contributed by atoms with Gasteiger partial charge in [0.1, 0.15) is 0 Å². The zero-order chi connectivity index (χ0) is 11.7. The van der Waals surface area contributed by atoms with Gasteiger partial charge < -0.3 is 0 Å². The molecule has 0 amide bonds. The van der Waals surface area contributed by atoms with Crippen molar-refractivity contribution in [1.29, 1.82) is 0 Å². The van der Waals surface area contributed by atoms with E-state index in [4.69, 9.17) is 0 Å². The normalized spacial score (nSPS) is 13.3. The van der Waals surface area contributed by atoms with Crippen LogP contribution in [0.25, 0.3) is 0 Å². The van der Waals surface area contributed by atoms with Gasteiger partial charge in [-0.1, -0.05) is 43.5 Å². The summed E-state index contributed by atoms with van der Waals surface area (Å²) in [6.07, 6.45) is 10.7. The largest absolute Gasteiger partial charge is 0.244 e. The SMILES string of the molecule is C=C\C=C/C(/C=N\NS(C)(=O)=O)=C\C=C. The fourth-order valence-electron chi connectivity index (χ4n) is 0.653. The average molecular weight is 226 g/mol. The maximum absolute atomic E-state index is 10.7. The Bertz CT molecular complexity index is 403. The minimum absolute atomic E-state index is 0.709. The number of hydrazone groups is 1. The van der Waals surface area contributed by atoms with Crippen molar-refractivity contribution in [1.82, 2.24) is 4.83 Å². The predicted molar refractivity (Wildman–Crippen MR) is 64.1 cm³/mol. The summed E-state index contributed by atoms with van der Waals surface area (Å²) in [4.78, 5) is 1.99. The molecule has 0 atom stereocenters. The first-order valence-electron chi connectivity index (χ1n) is 4.11. The molecule has 5 heteroatoms. The van der Waals surface area contributed by atoms with Crippen LogP contribution in [0.5, 0.6) is 0 Å². The highest BCUT2D eigenvalue weighted by atomic mass is 32.2. The Morgan fingerprint density at radius 2 is 2.00 bits per heavy atom. The molecule has 0 heterocycles. The van der Waals surface area contributed by atoms with Crippen molar-refractivity contribution >= 4 is 16.2 Å². The number of hydrogen-bond acceptors (Lipinski definition) is 3. The second kappa shape index (κ2) is 6.78. The Balaban J connectivity index is 4.56. The fraction of sp³-hybridized carbons (Fsp3) is 0.100. The summed E-state index contributed by atoms with van der Waals surface area (Å²) in [6.45, 7) is 7.05. The molecule has 0 aliphatic rings. The first kappa shape index (κ1) is 13.4. The van der Waals surface area contributed by atoms with E-state index in [9.17, 15) is 8.42 Å². The van der Waals surface area contributed by atoms with Crippen LogP contribution >= 0.6 is 0 Å². The molecule has 0 radical (unpaired) electrons. The molecule has 0 aromatic rings. The minimum atomic E-state index is -3.30. The first-order valence-corrected chi connectivity index (χ1v) is 6.00. The molecule has 0 unspecified atom stereocenters. The molecule has 0 saturated carbocycles. The zero-order valence-electron chi connectivity index (χ0n) is 8.55. The summed E-state index contributed by atoms with van der Waals surface area (Å²) in [5, 5.41) is 3.55. The number of rotatable bonds is 6. The molecule has 1 N–H and O–H groups in total. The van der Waals surface area contributed by atoms with E-state index in [2.05, 4.69) is 18.3 Å². The molecular weight excluding hydrogens is 212 g/mol.